The van der Waals surface area contributed by atoms with Gasteiger partial charge >= 0.3 is 0 Å². The van der Waals surface area contributed by atoms with Crippen LogP contribution in [0.25, 0.3) is 0 Å². The number of hydrogen-bond acceptors (Lipinski definition) is 4. The average molecular weight is 249 g/mol. The van der Waals surface area contributed by atoms with E-state index in [0.29, 0.717) is 6.54 Å². The highest BCUT2D eigenvalue weighted by molar-refractivity contribution is 5.65. The highest BCUT2D eigenvalue weighted by Crippen LogP contribution is 2.37. The van der Waals surface area contributed by atoms with E-state index in [0.717, 1.165) is 30.8 Å². The molecule has 1 aliphatic heterocycles. The summed E-state index contributed by atoms with van der Waals surface area (Å²) >= 11 is 0. The van der Waals surface area contributed by atoms with Crippen molar-refractivity contribution < 1.29 is 4.92 Å². The Morgan fingerprint density at radius 2 is 2.28 bits per heavy atom. The van der Waals surface area contributed by atoms with E-state index in [-0.39, 0.29) is 16.0 Å². The number of nitrogens with two attached hydrogens (primary N) is 1. The molecule has 1 fully saturated rings. The molecule has 0 bridgehead atoms. The molecule has 0 saturated carbocycles. The number of rotatable bonds is 3. The molecule has 1 aliphatic rings. The minimum Gasteiger partial charge on any atom is -0.365 e. The van der Waals surface area contributed by atoms with Crippen LogP contribution >= 0.6 is 0 Å². The molecule has 2 rings (SSSR count). The van der Waals surface area contributed by atoms with Crippen LogP contribution in [0.5, 0.6) is 0 Å². The summed E-state index contributed by atoms with van der Waals surface area (Å²) in [5.41, 5.74) is 7.78. The van der Waals surface area contributed by atoms with Crippen LogP contribution in [0.15, 0.2) is 18.2 Å². The van der Waals surface area contributed by atoms with Gasteiger partial charge in [-0.3, -0.25) is 10.1 Å². The highest BCUT2D eigenvalue weighted by atomic mass is 16.6. The third kappa shape index (κ3) is 2.31. The molecule has 1 saturated heterocycles. The van der Waals surface area contributed by atoms with Gasteiger partial charge < -0.3 is 10.6 Å². The predicted molar refractivity (Wildman–Crippen MR) is 71.8 cm³/mol. The third-order valence-corrected chi connectivity index (χ3v) is 3.72. The van der Waals surface area contributed by atoms with Crippen LogP contribution in [-0.4, -0.2) is 24.6 Å². The van der Waals surface area contributed by atoms with Crippen molar-refractivity contribution in [3.05, 3.63) is 33.9 Å². The molecule has 0 radical (unpaired) electrons. The van der Waals surface area contributed by atoms with E-state index in [1.807, 2.05) is 13.0 Å². The molecule has 0 aliphatic carbocycles. The van der Waals surface area contributed by atoms with E-state index in [4.69, 9.17) is 5.73 Å². The quantitative estimate of drug-likeness (QED) is 0.657. The second-order valence-electron chi connectivity index (χ2n) is 5.44. The molecule has 2 N–H and O–H groups in total. The van der Waals surface area contributed by atoms with Crippen molar-refractivity contribution >= 4 is 11.4 Å². The molecule has 1 heterocycles. The molecular weight excluding hydrogens is 230 g/mol. The van der Waals surface area contributed by atoms with Gasteiger partial charge in [-0.1, -0.05) is 13.0 Å². The van der Waals surface area contributed by atoms with Crippen molar-refractivity contribution in [3.63, 3.8) is 0 Å². The Kier molecular flexibility index (Phi) is 3.26. The number of aryl methyl sites for hydroxylation is 1. The van der Waals surface area contributed by atoms with Crippen LogP contribution < -0.4 is 10.6 Å². The standard InChI is InChI=1S/C13H19N3O2/c1-10-3-4-11(16(17)18)12(7-10)15-6-5-13(2,8-14)9-15/h3-4,7H,5-6,8-9,14H2,1-2H3. The monoisotopic (exact) mass is 249 g/mol. The van der Waals surface area contributed by atoms with Crippen LogP contribution in [0.3, 0.4) is 0 Å². The first-order valence-corrected chi connectivity index (χ1v) is 6.15. The SMILES string of the molecule is Cc1ccc([N+](=O)[O-])c(N2CCC(C)(CN)C2)c1. The first kappa shape index (κ1) is 12.8. The average Bonchev–Trinajstić information content (AvgIpc) is 2.72. The van der Waals surface area contributed by atoms with E-state index in [9.17, 15) is 10.1 Å². The van der Waals surface area contributed by atoms with Crippen molar-refractivity contribution in [2.24, 2.45) is 11.1 Å². The number of anilines is 1. The molecule has 1 aromatic carbocycles. The van der Waals surface area contributed by atoms with Crippen LogP contribution in [-0.2, 0) is 0 Å². The van der Waals surface area contributed by atoms with Crippen molar-refractivity contribution in [3.8, 4) is 0 Å². The third-order valence-electron chi connectivity index (χ3n) is 3.72. The summed E-state index contributed by atoms with van der Waals surface area (Å²) in [6, 6.07) is 5.25. The summed E-state index contributed by atoms with van der Waals surface area (Å²) in [7, 11) is 0. The molecule has 0 amide bonds. The van der Waals surface area contributed by atoms with Crippen molar-refractivity contribution in [2.75, 3.05) is 24.5 Å². The second-order valence-corrected chi connectivity index (χ2v) is 5.44. The maximum atomic E-state index is 11.1. The lowest BCUT2D eigenvalue weighted by molar-refractivity contribution is -0.384. The lowest BCUT2D eigenvalue weighted by atomic mass is 9.90. The van der Waals surface area contributed by atoms with Gasteiger partial charge in [0.25, 0.3) is 5.69 Å². The summed E-state index contributed by atoms with van der Waals surface area (Å²) in [6.45, 7) is 6.31. The first-order chi connectivity index (χ1) is 8.45. The largest absolute Gasteiger partial charge is 0.365 e. The molecule has 1 aromatic rings. The number of benzene rings is 1. The fourth-order valence-corrected chi connectivity index (χ4v) is 2.44. The van der Waals surface area contributed by atoms with E-state index < -0.39 is 0 Å². The smallest absolute Gasteiger partial charge is 0.292 e. The van der Waals surface area contributed by atoms with Gasteiger partial charge in [0.05, 0.1) is 4.92 Å². The van der Waals surface area contributed by atoms with E-state index in [1.54, 1.807) is 12.1 Å². The van der Waals surface area contributed by atoms with Crippen LogP contribution in [0, 0.1) is 22.5 Å². The van der Waals surface area contributed by atoms with Gasteiger partial charge in [-0.2, -0.15) is 0 Å². The fourth-order valence-electron chi connectivity index (χ4n) is 2.44. The Morgan fingerprint density at radius 1 is 1.56 bits per heavy atom. The number of hydrogen-bond donors (Lipinski definition) is 1. The van der Waals surface area contributed by atoms with Crippen molar-refractivity contribution in [1.29, 1.82) is 0 Å². The van der Waals surface area contributed by atoms with Gasteiger partial charge in [0, 0.05) is 19.2 Å². The summed E-state index contributed by atoms with van der Waals surface area (Å²) in [5.74, 6) is 0. The molecule has 98 valence electrons. The Balaban J connectivity index is 2.34. The van der Waals surface area contributed by atoms with Gasteiger partial charge in [0.2, 0.25) is 0 Å². The number of nitro benzene ring substituents is 1. The minimum atomic E-state index is -0.313. The van der Waals surface area contributed by atoms with Gasteiger partial charge in [0.15, 0.2) is 0 Å². The molecule has 1 atom stereocenters. The summed E-state index contributed by atoms with van der Waals surface area (Å²) in [5, 5.41) is 11.1. The molecule has 18 heavy (non-hydrogen) atoms. The van der Waals surface area contributed by atoms with E-state index in [2.05, 4.69) is 11.8 Å². The lowest BCUT2D eigenvalue weighted by Gasteiger charge is -2.23. The number of nitrogens with zero attached hydrogens (tertiary/aromatic N) is 2. The summed E-state index contributed by atoms with van der Waals surface area (Å²) < 4.78 is 0. The van der Waals surface area contributed by atoms with Crippen molar-refractivity contribution in [2.45, 2.75) is 20.3 Å². The zero-order valence-electron chi connectivity index (χ0n) is 10.8. The molecule has 0 aromatic heterocycles. The van der Waals surface area contributed by atoms with Crippen molar-refractivity contribution in [1.82, 2.24) is 0 Å². The molecular formula is C13H19N3O2. The Hall–Kier alpha value is -1.62. The molecule has 5 nitrogen and oxygen atoms in total. The maximum Gasteiger partial charge on any atom is 0.292 e. The predicted octanol–water partition coefficient (Wildman–Crippen LogP) is 2.08. The normalized spacial score (nSPS) is 23.4. The first-order valence-electron chi connectivity index (χ1n) is 6.15. The minimum absolute atomic E-state index is 0.0671. The number of nitro groups is 1. The molecule has 1 unspecified atom stereocenters. The molecule has 0 spiro atoms. The van der Waals surface area contributed by atoms with E-state index in [1.165, 1.54) is 0 Å². The van der Waals surface area contributed by atoms with Crippen LogP contribution in [0.1, 0.15) is 18.9 Å². The summed E-state index contributed by atoms with van der Waals surface area (Å²) in [6.07, 6.45) is 0.981. The van der Waals surface area contributed by atoms with Gasteiger partial charge in [-0.05, 0) is 36.9 Å². The second kappa shape index (κ2) is 4.57. The fraction of sp³-hybridized carbons (Fsp3) is 0.538. The van der Waals surface area contributed by atoms with Gasteiger partial charge in [-0.25, -0.2) is 0 Å². The van der Waals surface area contributed by atoms with E-state index >= 15 is 0 Å². The van der Waals surface area contributed by atoms with Crippen LogP contribution in [0.4, 0.5) is 11.4 Å². The zero-order valence-corrected chi connectivity index (χ0v) is 10.8. The topological polar surface area (TPSA) is 72.4 Å². The Morgan fingerprint density at radius 3 is 2.83 bits per heavy atom. The maximum absolute atomic E-state index is 11.1. The van der Waals surface area contributed by atoms with Gasteiger partial charge in [0.1, 0.15) is 5.69 Å². The lowest BCUT2D eigenvalue weighted by Crippen LogP contribution is -2.31. The highest BCUT2D eigenvalue weighted by Gasteiger charge is 2.34. The molecule has 5 heteroatoms. The Labute approximate surface area is 107 Å². The van der Waals surface area contributed by atoms with Gasteiger partial charge in [-0.15, -0.1) is 0 Å². The summed E-state index contributed by atoms with van der Waals surface area (Å²) in [4.78, 5) is 12.8. The van der Waals surface area contributed by atoms with Crippen LogP contribution in [0.2, 0.25) is 0 Å². The Bertz CT molecular complexity index is 475. The zero-order chi connectivity index (χ0) is 13.3.